The molecule has 11 heteroatoms. The number of hydrogen-bond acceptors (Lipinski definition) is 7. The number of nitriles is 1. The number of benzene rings is 3. The van der Waals surface area contributed by atoms with E-state index in [0.29, 0.717) is 16.3 Å². The Balaban J connectivity index is 1.67. The van der Waals surface area contributed by atoms with Gasteiger partial charge in [0.1, 0.15) is 35.4 Å². The molecule has 3 aromatic carbocycles. The van der Waals surface area contributed by atoms with Crippen LogP contribution in [0.4, 0.5) is 14.6 Å². The molecule has 0 amide bonds. The molecule has 0 fully saturated rings. The Kier molecular flexibility index (Phi) is 6.02. The van der Waals surface area contributed by atoms with Gasteiger partial charge in [-0.15, -0.1) is 0 Å². The van der Waals surface area contributed by atoms with Gasteiger partial charge in [-0.2, -0.15) is 5.26 Å². The summed E-state index contributed by atoms with van der Waals surface area (Å²) < 4.78 is 67.1. The van der Waals surface area contributed by atoms with Crippen molar-refractivity contribution in [2.24, 2.45) is 0 Å². The Labute approximate surface area is 209 Å². The molecular weight excluding hydrogens is 502 g/mol. The summed E-state index contributed by atoms with van der Waals surface area (Å²) in [6, 6.07) is 17.1. The maximum atomic E-state index is 15.3. The van der Waals surface area contributed by atoms with E-state index in [9.17, 15) is 18.1 Å². The Morgan fingerprint density at radius 3 is 2.57 bits per heavy atom. The topological polar surface area (TPSA) is 118 Å². The lowest BCUT2D eigenvalue weighted by Crippen LogP contribution is -2.13. The average molecular weight is 519 g/mol. The lowest BCUT2D eigenvalue weighted by molar-refractivity contribution is 0.415. The predicted molar refractivity (Wildman–Crippen MR) is 131 cm³/mol. The third kappa shape index (κ3) is 4.57. The van der Waals surface area contributed by atoms with Crippen molar-refractivity contribution in [1.29, 1.82) is 5.26 Å². The van der Waals surface area contributed by atoms with Crippen LogP contribution in [0.3, 0.4) is 0 Å². The van der Waals surface area contributed by atoms with Gasteiger partial charge in [0.15, 0.2) is 5.82 Å². The summed E-state index contributed by atoms with van der Waals surface area (Å²) in [4.78, 5) is 4.26. The second-order valence-corrected chi connectivity index (χ2v) is 9.57. The minimum absolute atomic E-state index is 0.00632. The lowest BCUT2D eigenvalue weighted by Gasteiger charge is -2.15. The number of sulfonamides is 1. The maximum absolute atomic E-state index is 15.3. The van der Waals surface area contributed by atoms with Crippen LogP contribution in [0.15, 0.2) is 82.4 Å². The molecule has 0 aliphatic rings. The number of rotatable bonds is 6. The SMILES string of the molecule is COc1cc(-c2cccc(F)c2)c(F)cc1-c1nc(C#N)cc2cc(S(=O)(=O)Nc3ccon3)ccc12. The van der Waals surface area contributed by atoms with E-state index >= 15 is 4.39 Å². The van der Waals surface area contributed by atoms with Crippen LogP contribution in [0.5, 0.6) is 5.75 Å². The van der Waals surface area contributed by atoms with E-state index in [1.165, 1.54) is 74.0 Å². The fourth-order valence-corrected chi connectivity index (χ4v) is 4.94. The Hall–Kier alpha value is -4.82. The van der Waals surface area contributed by atoms with Gasteiger partial charge in [-0.25, -0.2) is 22.2 Å². The Morgan fingerprint density at radius 1 is 1.03 bits per heavy atom. The van der Waals surface area contributed by atoms with Crippen molar-refractivity contribution < 1.29 is 26.5 Å². The molecule has 0 aliphatic heterocycles. The molecule has 37 heavy (non-hydrogen) atoms. The molecule has 0 unspecified atom stereocenters. The molecular formula is C26H16F2N4O4S. The number of fused-ring (bicyclic) bond motifs is 1. The van der Waals surface area contributed by atoms with Crippen molar-refractivity contribution in [3.63, 3.8) is 0 Å². The van der Waals surface area contributed by atoms with E-state index in [1.807, 2.05) is 6.07 Å². The third-order valence-corrected chi connectivity index (χ3v) is 6.94. The van der Waals surface area contributed by atoms with E-state index in [0.717, 1.165) is 0 Å². The quantitative estimate of drug-likeness (QED) is 0.315. The minimum Gasteiger partial charge on any atom is -0.496 e. The van der Waals surface area contributed by atoms with Crippen LogP contribution in [-0.4, -0.2) is 25.7 Å². The van der Waals surface area contributed by atoms with Crippen molar-refractivity contribution in [2.75, 3.05) is 11.8 Å². The number of ether oxygens (including phenoxy) is 1. The van der Waals surface area contributed by atoms with Crippen molar-refractivity contribution in [3.05, 3.63) is 90.3 Å². The summed E-state index contributed by atoms with van der Waals surface area (Å²) in [5.41, 5.74) is 0.870. The largest absolute Gasteiger partial charge is 0.496 e. The zero-order valence-corrected chi connectivity index (χ0v) is 19.9. The van der Waals surface area contributed by atoms with Crippen molar-refractivity contribution >= 4 is 26.6 Å². The first-order valence-corrected chi connectivity index (χ1v) is 12.2. The highest BCUT2D eigenvalue weighted by molar-refractivity contribution is 7.92. The summed E-state index contributed by atoms with van der Waals surface area (Å²) in [5, 5.41) is 13.9. The molecule has 8 nitrogen and oxygen atoms in total. The van der Waals surface area contributed by atoms with Gasteiger partial charge < -0.3 is 9.26 Å². The number of aromatic nitrogens is 2. The maximum Gasteiger partial charge on any atom is 0.263 e. The zero-order valence-electron chi connectivity index (χ0n) is 19.1. The molecule has 5 rings (SSSR count). The van der Waals surface area contributed by atoms with Crippen LogP contribution in [0.1, 0.15) is 5.69 Å². The molecule has 0 atom stereocenters. The third-order valence-electron chi connectivity index (χ3n) is 5.58. The van der Waals surface area contributed by atoms with Gasteiger partial charge in [-0.05, 0) is 53.4 Å². The standard InChI is InChI=1S/C26H16F2N4O4S/c1-35-24-13-21(15-3-2-4-17(27)9-15)23(28)12-22(24)26-20-6-5-19(11-16(20)10-18(14-29)30-26)37(33,34)32-25-7-8-36-31-25/h2-13H,1H3,(H,31,32). The smallest absolute Gasteiger partial charge is 0.263 e. The normalized spacial score (nSPS) is 11.3. The Bertz CT molecular complexity index is 1800. The highest BCUT2D eigenvalue weighted by Crippen LogP contribution is 2.39. The van der Waals surface area contributed by atoms with E-state index in [4.69, 9.17) is 4.74 Å². The van der Waals surface area contributed by atoms with Crippen LogP contribution in [0.2, 0.25) is 0 Å². The van der Waals surface area contributed by atoms with E-state index in [2.05, 4.69) is 19.4 Å². The summed E-state index contributed by atoms with van der Waals surface area (Å²) >= 11 is 0. The summed E-state index contributed by atoms with van der Waals surface area (Å²) in [6.07, 6.45) is 1.22. The van der Waals surface area contributed by atoms with Gasteiger partial charge in [0.05, 0.1) is 17.7 Å². The first-order chi connectivity index (χ1) is 17.8. The molecule has 184 valence electrons. The predicted octanol–water partition coefficient (Wildman–Crippen LogP) is 5.52. The number of hydrogen-bond donors (Lipinski definition) is 1. The van der Waals surface area contributed by atoms with Crippen molar-refractivity contribution in [1.82, 2.24) is 10.1 Å². The Morgan fingerprint density at radius 2 is 1.86 bits per heavy atom. The van der Waals surface area contributed by atoms with Crippen LogP contribution in [-0.2, 0) is 10.0 Å². The molecule has 0 radical (unpaired) electrons. The molecule has 0 aliphatic carbocycles. The second-order valence-electron chi connectivity index (χ2n) is 7.88. The van der Waals surface area contributed by atoms with E-state index < -0.39 is 21.7 Å². The highest BCUT2D eigenvalue weighted by Gasteiger charge is 2.21. The molecule has 0 bridgehead atoms. The summed E-state index contributed by atoms with van der Waals surface area (Å²) in [6.45, 7) is 0. The van der Waals surface area contributed by atoms with Gasteiger partial charge in [-0.3, -0.25) is 4.72 Å². The monoisotopic (exact) mass is 518 g/mol. The molecule has 1 N–H and O–H groups in total. The van der Waals surface area contributed by atoms with Gasteiger partial charge in [0.2, 0.25) is 0 Å². The molecule has 2 aromatic heterocycles. The van der Waals surface area contributed by atoms with E-state index in [1.54, 1.807) is 6.07 Å². The summed E-state index contributed by atoms with van der Waals surface area (Å²) in [5.74, 6) is -0.936. The van der Waals surface area contributed by atoms with Crippen LogP contribution in [0, 0.1) is 23.0 Å². The van der Waals surface area contributed by atoms with Crippen molar-refractivity contribution in [3.8, 4) is 34.2 Å². The fourth-order valence-electron chi connectivity index (χ4n) is 3.91. The zero-order chi connectivity index (χ0) is 26.2. The molecule has 0 saturated heterocycles. The number of nitrogens with zero attached hydrogens (tertiary/aromatic N) is 3. The number of anilines is 1. The van der Waals surface area contributed by atoms with Gasteiger partial charge in [0, 0.05) is 22.6 Å². The van der Waals surface area contributed by atoms with Crippen LogP contribution >= 0.6 is 0 Å². The van der Waals surface area contributed by atoms with Crippen molar-refractivity contribution in [2.45, 2.75) is 4.90 Å². The minimum atomic E-state index is -4.02. The number of halogens is 2. The average Bonchev–Trinajstić information content (AvgIpc) is 3.39. The first kappa shape index (κ1) is 23.9. The molecule has 0 saturated carbocycles. The van der Waals surface area contributed by atoms with E-state index in [-0.39, 0.29) is 39.0 Å². The van der Waals surface area contributed by atoms with Gasteiger partial charge in [0.25, 0.3) is 10.0 Å². The second kappa shape index (κ2) is 9.33. The van der Waals surface area contributed by atoms with Crippen LogP contribution < -0.4 is 9.46 Å². The summed E-state index contributed by atoms with van der Waals surface area (Å²) in [7, 11) is -2.63. The molecule has 2 heterocycles. The molecule has 0 spiro atoms. The first-order valence-electron chi connectivity index (χ1n) is 10.7. The number of methoxy groups -OCH3 is 1. The highest BCUT2D eigenvalue weighted by atomic mass is 32.2. The number of nitrogens with one attached hydrogen (secondary N) is 1. The fraction of sp³-hybridized carbons (Fsp3) is 0.0385. The lowest BCUT2D eigenvalue weighted by atomic mass is 9.98. The van der Waals surface area contributed by atoms with Crippen LogP contribution in [0.25, 0.3) is 33.2 Å². The van der Waals surface area contributed by atoms with Gasteiger partial charge in [-0.1, -0.05) is 23.4 Å². The van der Waals surface area contributed by atoms with Gasteiger partial charge >= 0.3 is 0 Å². The molecule has 5 aromatic rings. The number of pyridine rings is 1.